The highest BCUT2D eigenvalue weighted by Gasteiger charge is 2.26. The zero-order valence-electron chi connectivity index (χ0n) is 13.7. The van der Waals surface area contributed by atoms with E-state index in [2.05, 4.69) is 5.32 Å². The summed E-state index contributed by atoms with van der Waals surface area (Å²) < 4.78 is 6.03. The van der Waals surface area contributed by atoms with Crippen molar-refractivity contribution >= 4 is 11.7 Å². The lowest BCUT2D eigenvalue weighted by Gasteiger charge is -2.31. The maximum absolute atomic E-state index is 12.4. The first-order valence-electron chi connectivity index (χ1n) is 8.25. The number of nitrogens with zero attached hydrogens (tertiary/aromatic N) is 1. The Hall–Kier alpha value is -3.27. The van der Waals surface area contributed by atoms with Crippen LogP contribution in [0, 0.1) is 0 Å². The molecule has 2 amide bonds. The van der Waals surface area contributed by atoms with Crippen LogP contribution in [0.4, 0.5) is 10.5 Å². The lowest BCUT2D eigenvalue weighted by molar-refractivity contribution is 0.244. The van der Waals surface area contributed by atoms with Gasteiger partial charge < -0.3 is 10.1 Å². The van der Waals surface area contributed by atoms with Gasteiger partial charge in [0.05, 0.1) is 18.8 Å². The fourth-order valence-corrected chi connectivity index (χ4v) is 2.99. The van der Waals surface area contributed by atoms with Crippen molar-refractivity contribution in [3.8, 4) is 11.5 Å². The highest BCUT2D eigenvalue weighted by atomic mass is 16.5. The summed E-state index contributed by atoms with van der Waals surface area (Å²) in [6, 6.07) is 25.4. The number of rotatable bonds is 4. The summed E-state index contributed by atoms with van der Waals surface area (Å²) in [6.45, 7) is 0.983. The zero-order valence-corrected chi connectivity index (χ0v) is 13.7. The molecule has 0 aromatic heterocycles. The lowest BCUT2D eigenvalue weighted by Crippen LogP contribution is -2.43. The molecule has 4 nitrogen and oxygen atoms in total. The molecule has 1 heterocycles. The molecule has 0 bridgehead atoms. The number of hydrogen-bond acceptors (Lipinski definition) is 2. The van der Waals surface area contributed by atoms with Crippen molar-refractivity contribution in [2.24, 2.45) is 0 Å². The molecule has 0 aliphatic carbocycles. The number of benzene rings is 3. The molecule has 1 N–H and O–H groups in total. The molecule has 0 unspecified atom stereocenters. The van der Waals surface area contributed by atoms with Crippen molar-refractivity contribution < 1.29 is 9.53 Å². The maximum Gasteiger partial charge on any atom is 0.322 e. The highest BCUT2D eigenvalue weighted by Crippen LogP contribution is 2.35. The van der Waals surface area contributed by atoms with E-state index in [-0.39, 0.29) is 6.03 Å². The van der Waals surface area contributed by atoms with E-state index in [4.69, 9.17) is 4.74 Å². The molecule has 1 aliphatic heterocycles. The number of amides is 2. The number of carbonyl (C=O) groups excluding carboxylic acids is 1. The molecular formula is C21H18N2O2. The molecule has 124 valence electrons. The molecular weight excluding hydrogens is 312 g/mol. The van der Waals surface area contributed by atoms with Crippen LogP contribution in [-0.4, -0.2) is 6.03 Å². The normalized spacial score (nSPS) is 13.1. The monoisotopic (exact) mass is 330 g/mol. The Labute approximate surface area is 146 Å². The van der Waals surface area contributed by atoms with Gasteiger partial charge in [0, 0.05) is 5.56 Å². The van der Waals surface area contributed by atoms with Crippen molar-refractivity contribution in [3.63, 3.8) is 0 Å². The van der Waals surface area contributed by atoms with Gasteiger partial charge in [-0.15, -0.1) is 0 Å². The van der Waals surface area contributed by atoms with Crippen molar-refractivity contribution in [2.45, 2.75) is 13.1 Å². The number of para-hydroxylation sites is 1. The molecule has 0 saturated heterocycles. The van der Waals surface area contributed by atoms with Crippen LogP contribution in [0.25, 0.3) is 0 Å². The van der Waals surface area contributed by atoms with E-state index in [0.29, 0.717) is 13.1 Å². The van der Waals surface area contributed by atoms with Crippen LogP contribution < -0.4 is 15.0 Å². The number of urea groups is 1. The van der Waals surface area contributed by atoms with Gasteiger partial charge in [-0.05, 0) is 29.8 Å². The Bertz CT molecular complexity index is 879. The molecule has 0 fully saturated rings. The summed E-state index contributed by atoms with van der Waals surface area (Å²) in [7, 11) is 0. The van der Waals surface area contributed by atoms with Gasteiger partial charge in [-0.25, -0.2) is 4.79 Å². The van der Waals surface area contributed by atoms with E-state index < -0.39 is 0 Å². The smallest absolute Gasteiger partial charge is 0.322 e. The van der Waals surface area contributed by atoms with E-state index in [1.807, 2.05) is 78.9 Å². The molecule has 0 atom stereocenters. The Balaban J connectivity index is 1.67. The second-order valence-electron chi connectivity index (χ2n) is 5.90. The number of carbonyl (C=O) groups is 1. The topological polar surface area (TPSA) is 41.6 Å². The van der Waals surface area contributed by atoms with Crippen LogP contribution in [0.2, 0.25) is 0 Å². The van der Waals surface area contributed by atoms with E-state index >= 15 is 0 Å². The van der Waals surface area contributed by atoms with Gasteiger partial charge in [-0.3, -0.25) is 4.90 Å². The molecule has 0 radical (unpaired) electrons. The predicted molar refractivity (Wildman–Crippen MR) is 97.8 cm³/mol. The van der Waals surface area contributed by atoms with Crippen LogP contribution in [0.5, 0.6) is 11.5 Å². The van der Waals surface area contributed by atoms with Gasteiger partial charge >= 0.3 is 6.03 Å². The fourth-order valence-electron chi connectivity index (χ4n) is 2.99. The molecule has 3 aromatic carbocycles. The third-order valence-electron chi connectivity index (χ3n) is 4.22. The Morgan fingerprint density at radius 2 is 1.60 bits per heavy atom. The van der Waals surface area contributed by atoms with Gasteiger partial charge in [-0.1, -0.05) is 54.6 Å². The fraction of sp³-hybridized carbons (Fsp3) is 0.0952. The summed E-state index contributed by atoms with van der Waals surface area (Å²) in [5.41, 5.74) is 2.96. The Morgan fingerprint density at radius 3 is 2.36 bits per heavy atom. The summed E-state index contributed by atoms with van der Waals surface area (Å²) in [5, 5.41) is 2.94. The highest BCUT2D eigenvalue weighted by molar-refractivity contribution is 5.95. The van der Waals surface area contributed by atoms with Crippen LogP contribution in [0.1, 0.15) is 11.1 Å². The summed E-state index contributed by atoms with van der Waals surface area (Å²) in [4.78, 5) is 14.2. The SMILES string of the molecule is O=C1NCc2c(Oc3ccccc3)cccc2N1Cc1ccccc1. The summed E-state index contributed by atoms with van der Waals surface area (Å²) >= 11 is 0. The number of nitrogens with one attached hydrogen (secondary N) is 1. The van der Waals surface area contributed by atoms with Crippen LogP contribution in [0.15, 0.2) is 78.9 Å². The van der Waals surface area contributed by atoms with Crippen molar-refractivity contribution in [1.82, 2.24) is 5.32 Å². The van der Waals surface area contributed by atoms with Gasteiger partial charge in [0.25, 0.3) is 0 Å². The van der Waals surface area contributed by atoms with E-state index in [1.54, 1.807) is 4.90 Å². The zero-order chi connectivity index (χ0) is 17.1. The van der Waals surface area contributed by atoms with E-state index in [1.165, 1.54) is 0 Å². The third-order valence-corrected chi connectivity index (χ3v) is 4.22. The molecule has 4 rings (SSSR count). The molecule has 0 spiro atoms. The standard InChI is InChI=1S/C21H18N2O2/c24-21-22-14-18-19(23(21)15-16-8-3-1-4-9-16)12-7-13-20(18)25-17-10-5-2-6-11-17/h1-13H,14-15H2,(H,22,24). The minimum Gasteiger partial charge on any atom is -0.457 e. The van der Waals surface area contributed by atoms with Gasteiger partial charge in [0.15, 0.2) is 0 Å². The van der Waals surface area contributed by atoms with E-state index in [0.717, 1.165) is 28.3 Å². The maximum atomic E-state index is 12.4. The lowest BCUT2D eigenvalue weighted by atomic mass is 10.1. The van der Waals surface area contributed by atoms with Gasteiger partial charge in [0.1, 0.15) is 11.5 Å². The second kappa shape index (κ2) is 6.69. The van der Waals surface area contributed by atoms with Crippen LogP contribution >= 0.6 is 0 Å². The number of fused-ring (bicyclic) bond motifs is 1. The van der Waals surface area contributed by atoms with Gasteiger partial charge in [0.2, 0.25) is 0 Å². The Kier molecular flexibility index (Phi) is 4.09. The molecule has 1 aliphatic rings. The average Bonchev–Trinajstić information content (AvgIpc) is 2.66. The largest absolute Gasteiger partial charge is 0.457 e. The minimum atomic E-state index is -0.0896. The third kappa shape index (κ3) is 3.19. The summed E-state index contributed by atoms with van der Waals surface area (Å²) in [5.74, 6) is 1.55. The van der Waals surface area contributed by atoms with Gasteiger partial charge in [-0.2, -0.15) is 0 Å². The number of hydrogen-bond donors (Lipinski definition) is 1. The van der Waals surface area contributed by atoms with Crippen LogP contribution in [0.3, 0.4) is 0 Å². The molecule has 3 aromatic rings. The Morgan fingerprint density at radius 1 is 0.880 bits per heavy atom. The van der Waals surface area contributed by atoms with E-state index in [9.17, 15) is 4.79 Å². The number of anilines is 1. The number of ether oxygens (including phenoxy) is 1. The predicted octanol–water partition coefficient (Wildman–Crippen LogP) is 4.71. The average molecular weight is 330 g/mol. The first-order valence-corrected chi connectivity index (χ1v) is 8.25. The van der Waals surface area contributed by atoms with Crippen molar-refractivity contribution in [1.29, 1.82) is 0 Å². The second-order valence-corrected chi connectivity index (χ2v) is 5.90. The van der Waals surface area contributed by atoms with Crippen molar-refractivity contribution in [2.75, 3.05) is 4.90 Å². The van der Waals surface area contributed by atoms with Crippen LogP contribution in [-0.2, 0) is 13.1 Å². The summed E-state index contributed by atoms with van der Waals surface area (Å²) in [6.07, 6.45) is 0. The molecule has 0 saturated carbocycles. The van der Waals surface area contributed by atoms with Crippen molar-refractivity contribution in [3.05, 3.63) is 90.0 Å². The molecule has 25 heavy (non-hydrogen) atoms. The molecule has 4 heteroatoms. The quantitative estimate of drug-likeness (QED) is 0.753. The first kappa shape index (κ1) is 15.3. The first-order chi connectivity index (χ1) is 12.3. The minimum absolute atomic E-state index is 0.0896.